The summed E-state index contributed by atoms with van der Waals surface area (Å²) in [5, 5.41) is 3.33. The Kier molecular flexibility index (Phi) is 5.43. The van der Waals surface area contributed by atoms with E-state index in [1.165, 1.54) is 18.2 Å². The van der Waals surface area contributed by atoms with Crippen LogP contribution in [0.2, 0.25) is 0 Å². The predicted molar refractivity (Wildman–Crippen MR) is 94.2 cm³/mol. The highest BCUT2D eigenvalue weighted by molar-refractivity contribution is 5.95. The molecule has 1 N–H and O–H groups in total. The standard InChI is InChI=1S/C20H22F2N2O/c1-14-12-15(10-11-23-14)20(25)24(18-8-6-17(21)7-9-18)13-16-4-2-3-5-19(16)22/h2-9,14-15,23H,10-13H2,1H3/t14-,15-/m0/s1. The minimum atomic E-state index is -0.363. The van der Waals surface area contributed by atoms with Crippen molar-refractivity contribution in [3.8, 4) is 0 Å². The lowest BCUT2D eigenvalue weighted by atomic mass is 9.91. The number of benzene rings is 2. The van der Waals surface area contributed by atoms with Gasteiger partial charge < -0.3 is 10.2 Å². The van der Waals surface area contributed by atoms with Crippen LogP contribution in [0.5, 0.6) is 0 Å². The number of nitrogens with zero attached hydrogens (tertiary/aromatic N) is 1. The highest BCUT2D eigenvalue weighted by Gasteiger charge is 2.29. The fourth-order valence-corrected chi connectivity index (χ4v) is 3.29. The zero-order valence-electron chi connectivity index (χ0n) is 14.2. The Balaban J connectivity index is 1.89. The number of hydrogen-bond acceptors (Lipinski definition) is 2. The molecular weight excluding hydrogens is 322 g/mol. The van der Waals surface area contributed by atoms with Crippen molar-refractivity contribution in [1.29, 1.82) is 0 Å². The third kappa shape index (κ3) is 4.23. The lowest BCUT2D eigenvalue weighted by Gasteiger charge is -2.32. The summed E-state index contributed by atoms with van der Waals surface area (Å²) in [5.41, 5.74) is 1.03. The number of halogens is 2. The van der Waals surface area contributed by atoms with Crippen molar-refractivity contribution in [1.82, 2.24) is 5.32 Å². The second-order valence-electron chi connectivity index (χ2n) is 6.57. The highest BCUT2D eigenvalue weighted by Crippen LogP contribution is 2.25. The molecule has 0 radical (unpaired) electrons. The van der Waals surface area contributed by atoms with Gasteiger partial charge in [0.05, 0.1) is 6.54 Å². The van der Waals surface area contributed by atoms with E-state index < -0.39 is 0 Å². The molecule has 0 unspecified atom stereocenters. The number of carbonyl (C=O) groups is 1. The fraction of sp³-hybridized carbons (Fsp3) is 0.350. The van der Waals surface area contributed by atoms with Crippen LogP contribution < -0.4 is 10.2 Å². The van der Waals surface area contributed by atoms with Crippen molar-refractivity contribution < 1.29 is 13.6 Å². The maximum absolute atomic E-state index is 14.1. The van der Waals surface area contributed by atoms with Crippen LogP contribution in [0.15, 0.2) is 48.5 Å². The zero-order chi connectivity index (χ0) is 17.8. The van der Waals surface area contributed by atoms with E-state index in [-0.39, 0.29) is 36.0 Å². The second kappa shape index (κ2) is 7.74. The summed E-state index contributed by atoms with van der Waals surface area (Å²) in [6.45, 7) is 2.97. The Hall–Kier alpha value is -2.27. The normalized spacial score (nSPS) is 20.3. The molecule has 3 nitrogen and oxygen atoms in total. The fourth-order valence-electron chi connectivity index (χ4n) is 3.29. The summed E-state index contributed by atoms with van der Waals surface area (Å²) in [7, 11) is 0. The van der Waals surface area contributed by atoms with Gasteiger partial charge in [-0.25, -0.2) is 8.78 Å². The minimum Gasteiger partial charge on any atom is -0.314 e. The number of hydrogen-bond donors (Lipinski definition) is 1. The Morgan fingerprint density at radius 3 is 2.56 bits per heavy atom. The zero-order valence-corrected chi connectivity index (χ0v) is 14.2. The van der Waals surface area contributed by atoms with Gasteiger partial charge in [-0.05, 0) is 56.6 Å². The first-order valence-electron chi connectivity index (χ1n) is 8.58. The minimum absolute atomic E-state index is 0.0387. The third-order valence-corrected chi connectivity index (χ3v) is 4.66. The van der Waals surface area contributed by atoms with Crippen molar-refractivity contribution >= 4 is 11.6 Å². The third-order valence-electron chi connectivity index (χ3n) is 4.66. The molecule has 2 aromatic carbocycles. The van der Waals surface area contributed by atoms with E-state index in [1.807, 2.05) is 0 Å². The molecule has 5 heteroatoms. The largest absolute Gasteiger partial charge is 0.314 e. The molecular formula is C20H22F2N2O. The molecule has 1 heterocycles. The summed E-state index contributed by atoms with van der Waals surface area (Å²) in [4.78, 5) is 14.7. The van der Waals surface area contributed by atoms with Crippen LogP contribution in [0.3, 0.4) is 0 Å². The molecule has 132 valence electrons. The highest BCUT2D eigenvalue weighted by atomic mass is 19.1. The maximum Gasteiger partial charge on any atom is 0.230 e. The van der Waals surface area contributed by atoms with Crippen molar-refractivity contribution in [3.63, 3.8) is 0 Å². The number of amides is 1. The maximum atomic E-state index is 14.1. The molecule has 1 aliphatic heterocycles. The first-order valence-corrected chi connectivity index (χ1v) is 8.58. The average molecular weight is 344 g/mol. The SMILES string of the molecule is C[C@H]1C[C@@H](C(=O)N(Cc2ccccc2F)c2ccc(F)cc2)CCN1. The summed E-state index contributed by atoms with van der Waals surface area (Å²) in [5.74, 6) is -0.866. The van der Waals surface area contributed by atoms with Gasteiger partial charge in [-0.3, -0.25) is 4.79 Å². The molecule has 2 aromatic rings. The van der Waals surface area contributed by atoms with Crippen LogP contribution in [0.4, 0.5) is 14.5 Å². The topological polar surface area (TPSA) is 32.3 Å². The van der Waals surface area contributed by atoms with Gasteiger partial charge in [0.25, 0.3) is 0 Å². The van der Waals surface area contributed by atoms with Crippen LogP contribution in [-0.2, 0) is 11.3 Å². The quantitative estimate of drug-likeness (QED) is 0.913. The van der Waals surface area contributed by atoms with Crippen LogP contribution >= 0.6 is 0 Å². The van der Waals surface area contributed by atoms with Gasteiger partial charge in [-0.2, -0.15) is 0 Å². The lowest BCUT2D eigenvalue weighted by molar-refractivity contribution is -0.123. The molecule has 0 aromatic heterocycles. The number of rotatable bonds is 4. The van der Waals surface area contributed by atoms with Gasteiger partial charge in [0.2, 0.25) is 5.91 Å². The molecule has 25 heavy (non-hydrogen) atoms. The van der Waals surface area contributed by atoms with E-state index in [2.05, 4.69) is 12.2 Å². The van der Waals surface area contributed by atoms with Gasteiger partial charge in [-0.15, -0.1) is 0 Å². The number of carbonyl (C=O) groups excluding carboxylic acids is 1. The first-order chi connectivity index (χ1) is 12.0. The Bertz CT molecular complexity index is 733. The van der Waals surface area contributed by atoms with Crippen molar-refractivity contribution in [2.24, 2.45) is 5.92 Å². The Morgan fingerprint density at radius 1 is 1.16 bits per heavy atom. The summed E-state index contributed by atoms with van der Waals surface area (Å²) in [6, 6.07) is 12.5. The first kappa shape index (κ1) is 17.5. The molecule has 0 saturated carbocycles. The average Bonchev–Trinajstić information content (AvgIpc) is 2.61. The van der Waals surface area contributed by atoms with E-state index in [1.54, 1.807) is 35.2 Å². The van der Waals surface area contributed by atoms with Crippen molar-refractivity contribution in [3.05, 3.63) is 65.7 Å². The smallest absolute Gasteiger partial charge is 0.230 e. The number of piperidine rings is 1. The van der Waals surface area contributed by atoms with E-state index in [4.69, 9.17) is 0 Å². The van der Waals surface area contributed by atoms with Crippen LogP contribution in [0.25, 0.3) is 0 Å². The molecule has 1 amide bonds. The monoisotopic (exact) mass is 344 g/mol. The van der Waals surface area contributed by atoms with Crippen molar-refractivity contribution in [2.45, 2.75) is 32.4 Å². The Labute approximate surface area is 146 Å². The molecule has 0 bridgehead atoms. The van der Waals surface area contributed by atoms with Crippen LogP contribution in [-0.4, -0.2) is 18.5 Å². The van der Waals surface area contributed by atoms with Gasteiger partial charge >= 0.3 is 0 Å². The number of anilines is 1. The van der Waals surface area contributed by atoms with Crippen LogP contribution in [0.1, 0.15) is 25.3 Å². The molecule has 1 aliphatic rings. The summed E-state index contributed by atoms with van der Waals surface area (Å²) >= 11 is 0. The molecule has 0 spiro atoms. The summed E-state index contributed by atoms with van der Waals surface area (Å²) < 4.78 is 27.4. The number of nitrogens with one attached hydrogen (secondary N) is 1. The van der Waals surface area contributed by atoms with Gasteiger partial charge in [0, 0.05) is 23.2 Å². The molecule has 0 aliphatic carbocycles. The second-order valence-corrected chi connectivity index (χ2v) is 6.57. The van der Waals surface area contributed by atoms with E-state index in [0.29, 0.717) is 11.3 Å². The van der Waals surface area contributed by atoms with Gasteiger partial charge in [0.15, 0.2) is 0 Å². The predicted octanol–water partition coefficient (Wildman–Crippen LogP) is 3.89. The molecule has 1 saturated heterocycles. The van der Waals surface area contributed by atoms with Gasteiger partial charge in [0.1, 0.15) is 11.6 Å². The Morgan fingerprint density at radius 2 is 1.88 bits per heavy atom. The summed E-state index contributed by atoms with van der Waals surface area (Å²) in [6.07, 6.45) is 1.49. The molecule has 1 fully saturated rings. The van der Waals surface area contributed by atoms with Gasteiger partial charge in [-0.1, -0.05) is 18.2 Å². The molecule has 3 rings (SSSR count). The van der Waals surface area contributed by atoms with Crippen molar-refractivity contribution in [2.75, 3.05) is 11.4 Å². The van der Waals surface area contributed by atoms with Crippen LogP contribution in [0, 0.1) is 17.6 Å². The lowest BCUT2D eigenvalue weighted by Crippen LogP contribution is -2.44. The van der Waals surface area contributed by atoms with E-state index in [0.717, 1.165) is 19.4 Å². The van der Waals surface area contributed by atoms with E-state index >= 15 is 0 Å². The molecule has 2 atom stereocenters. The van der Waals surface area contributed by atoms with E-state index in [9.17, 15) is 13.6 Å².